The zero-order valence-corrected chi connectivity index (χ0v) is 30.1. The van der Waals surface area contributed by atoms with Crippen LogP contribution in [-0.4, -0.2) is 37.0 Å². The van der Waals surface area contributed by atoms with Crippen molar-refractivity contribution in [1.29, 1.82) is 0 Å². The first kappa shape index (κ1) is 55.8. The molecule has 0 rings (SSSR count). The number of hydrogen-bond donors (Lipinski definition) is 0. The molecule has 0 fully saturated rings. The van der Waals surface area contributed by atoms with Crippen LogP contribution >= 0.6 is 65.5 Å². The maximum atomic E-state index is 2.31. The summed E-state index contributed by atoms with van der Waals surface area (Å²) in [7, 11) is 0.843. The average Bonchev–Trinajstić information content (AvgIpc) is 2.67. The van der Waals surface area contributed by atoms with E-state index in [0.29, 0.717) is 15.8 Å². The summed E-state index contributed by atoms with van der Waals surface area (Å²) in [5, 5.41) is 0. The summed E-state index contributed by atoms with van der Waals surface area (Å²) < 4.78 is 0. The number of unbranched alkanes of at least 4 members (excludes halogenated alkanes) is 6. The molecule has 0 bridgehead atoms. The van der Waals surface area contributed by atoms with Crippen molar-refractivity contribution in [2.45, 2.75) is 119 Å². The fourth-order valence-electron chi connectivity index (χ4n) is 2.96. The summed E-state index contributed by atoms with van der Waals surface area (Å²) in [5.74, 6) is 0. The van der Waals surface area contributed by atoms with Crippen LogP contribution in [0, 0.1) is 0 Å². The Kier molecular flexibility index (Phi) is 89.0. The molecule has 0 amide bonds. The second kappa shape index (κ2) is 51.1. The Balaban J connectivity index is -0.0000000505. The Morgan fingerprint density at radius 3 is 0.531 bits per heavy atom. The van der Waals surface area contributed by atoms with Crippen LogP contribution in [-0.2, 0) is 40.8 Å². The van der Waals surface area contributed by atoms with Crippen LogP contribution in [0.2, 0.25) is 0 Å². The molecule has 0 aliphatic rings. The van der Waals surface area contributed by atoms with Gasteiger partial charge in [-0.05, 0) is 75.5 Å². The molecule has 0 heterocycles. The molecule has 0 unspecified atom stereocenters. The van der Waals surface area contributed by atoms with Crippen LogP contribution in [0.15, 0.2) is 0 Å². The van der Waals surface area contributed by atoms with E-state index < -0.39 is 0 Å². The molecule has 0 nitrogen and oxygen atoms in total. The summed E-state index contributed by atoms with van der Waals surface area (Å²) in [6.45, 7) is 13.9. The zero-order valence-electron chi connectivity index (χ0n) is 21.9. The molecular weight excluding hydrogens is 705 g/mol. The second-order valence-corrected chi connectivity index (χ2v) is 13.2. The number of rotatable bonds is 18. The summed E-state index contributed by atoms with van der Waals surface area (Å²) in [6, 6.07) is 0. The first-order chi connectivity index (χ1) is 12.7. The van der Waals surface area contributed by atoms with E-state index in [0.717, 1.165) is 0 Å². The molecule has 0 aromatic rings. The van der Waals surface area contributed by atoms with E-state index >= 15 is 0 Å². The van der Waals surface area contributed by atoms with Crippen molar-refractivity contribution in [3.63, 3.8) is 0 Å². The van der Waals surface area contributed by atoms with Gasteiger partial charge in [-0.25, -0.2) is 0 Å². The molecule has 8 heteroatoms. The van der Waals surface area contributed by atoms with E-state index in [2.05, 4.69) is 41.5 Å². The molecule has 0 spiro atoms. The van der Waals surface area contributed by atoms with Crippen LogP contribution in [0.1, 0.15) is 119 Å². The SMILES string of the molecule is CCCCP(CCCC)CCCC.CCCCP(CCCC)CCCC.Cl.Cl.Cl.Cl.[Pd].[Pd]. The summed E-state index contributed by atoms with van der Waals surface area (Å²) in [4.78, 5) is 0. The first-order valence-electron chi connectivity index (χ1n) is 12.1. The molecule has 212 valence electrons. The minimum absolute atomic E-state index is 0. The normalized spacial score (nSPS) is 9.00. The van der Waals surface area contributed by atoms with E-state index in [-0.39, 0.29) is 90.5 Å². The van der Waals surface area contributed by atoms with Crippen molar-refractivity contribution in [1.82, 2.24) is 0 Å². The standard InChI is InChI=1S/2C12H27P.4ClH.2Pd/c2*1-4-7-10-13(11-8-5-2)12-9-6-3;;;;;;/h2*4-12H2,1-3H3;4*1H;;. The van der Waals surface area contributed by atoms with E-state index in [1.54, 1.807) is 37.0 Å². The van der Waals surface area contributed by atoms with Crippen LogP contribution in [0.4, 0.5) is 0 Å². The van der Waals surface area contributed by atoms with Crippen LogP contribution in [0.25, 0.3) is 0 Å². The third kappa shape index (κ3) is 46.7. The largest absolute Gasteiger partial charge is 0.147 e. The minimum Gasteiger partial charge on any atom is -0.147 e. The second-order valence-electron chi connectivity index (χ2n) is 7.80. The van der Waals surface area contributed by atoms with Gasteiger partial charge in [0.1, 0.15) is 0 Å². The summed E-state index contributed by atoms with van der Waals surface area (Å²) >= 11 is 0. The molecule has 0 aromatic heterocycles. The van der Waals surface area contributed by atoms with Gasteiger partial charge in [-0.3, -0.25) is 0 Å². The van der Waals surface area contributed by atoms with Gasteiger partial charge < -0.3 is 0 Å². The fourth-order valence-corrected chi connectivity index (χ4v) is 8.88. The van der Waals surface area contributed by atoms with Crippen molar-refractivity contribution >= 4 is 65.5 Å². The van der Waals surface area contributed by atoms with Gasteiger partial charge in [-0.1, -0.05) is 80.1 Å². The van der Waals surface area contributed by atoms with Crippen molar-refractivity contribution in [3.05, 3.63) is 0 Å². The third-order valence-electron chi connectivity index (χ3n) is 4.97. The van der Waals surface area contributed by atoms with E-state index in [9.17, 15) is 0 Å². The van der Waals surface area contributed by atoms with Gasteiger partial charge in [0.25, 0.3) is 0 Å². The van der Waals surface area contributed by atoms with Gasteiger partial charge in [0.05, 0.1) is 0 Å². The maximum absolute atomic E-state index is 2.31. The predicted octanol–water partition coefficient (Wildman–Crippen LogP) is 11.4. The Morgan fingerprint density at radius 1 is 0.312 bits per heavy atom. The smallest absolute Gasteiger partial charge is 0 e. The van der Waals surface area contributed by atoms with Crippen molar-refractivity contribution in [3.8, 4) is 0 Å². The van der Waals surface area contributed by atoms with Crippen molar-refractivity contribution < 1.29 is 40.8 Å². The Bertz CT molecular complexity index is 196. The van der Waals surface area contributed by atoms with Crippen LogP contribution in [0.3, 0.4) is 0 Å². The zero-order chi connectivity index (χ0) is 19.9. The molecule has 0 saturated heterocycles. The summed E-state index contributed by atoms with van der Waals surface area (Å²) in [5.41, 5.74) is 0. The summed E-state index contributed by atoms with van der Waals surface area (Å²) in [6.07, 6.45) is 26.4. The Morgan fingerprint density at radius 2 is 0.438 bits per heavy atom. The van der Waals surface area contributed by atoms with Crippen LogP contribution in [0.5, 0.6) is 0 Å². The Hall–Kier alpha value is 3.34. The van der Waals surface area contributed by atoms with Gasteiger partial charge in [0.15, 0.2) is 0 Å². The predicted molar refractivity (Wildman–Crippen MR) is 161 cm³/mol. The quantitative estimate of drug-likeness (QED) is 0.0964. The molecule has 32 heavy (non-hydrogen) atoms. The molecule has 0 N–H and O–H groups in total. The number of halogens is 4. The van der Waals surface area contributed by atoms with Gasteiger partial charge >= 0.3 is 0 Å². The van der Waals surface area contributed by atoms with Crippen molar-refractivity contribution in [2.24, 2.45) is 0 Å². The molecule has 0 aliphatic heterocycles. The van der Waals surface area contributed by atoms with Crippen molar-refractivity contribution in [2.75, 3.05) is 37.0 Å². The van der Waals surface area contributed by atoms with Gasteiger partial charge in [0, 0.05) is 40.8 Å². The molecule has 0 aliphatic carbocycles. The number of hydrogen-bond acceptors (Lipinski definition) is 0. The molecule has 0 radical (unpaired) electrons. The van der Waals surface area contributed by atoms with E-state index in [4.69, 9.17) is 0 Å². The molecule has 0 saturated carbocycles. The maximum Gasteiger partial charge on any atom is 0 e. The third-order valence-corrected chi connectivity index (χ3v) is 10.7. The monoisotopic (exact) mass is 760 g/mol. The molecule has 0 atom stereocenters. The van der Waals surface area contributed by atoms with E-state index in [1.165, 1.54) is 77.0 Å². The average molecular weight is 763 g/mol. The van der Waals surface area contributed by atoms with Gasteiger partial charge in [0.2, 0.25) is 0 Å². The van der Waals surface area contributed by atoms with E-state index in [1.807, 2.05) is 0 Å². The van der Waals surface area contributed by atoms with Gasteiger partial charge in [-0.2, -0.15) is 0 Å². The van der Waals surface area contributed by atoms with Gasteiger partial charge in [-0.15, -0.1) is 65.5 Å². The minimum atomic E-state index is 0. The Labute approximate surface area is 259 Å². The molecule has 0 aromatic carbocycles. The molecular formula is C24H58Cl4P2Pd2. The van der Waals surface area contributed by atoms with Crippen LogP contribution < -0.4 is 0 Å². The fraction of sp³-hybridized carbons (Fsp3) is 1.00. The first-order valence-corrected chi connectivity index (χ1v) is 15.9. The topological polar surface area (TPSA) is 0 Å².